The van der Waals surface area contributed by atoms with Crippen LogP contribution in [-0.4, -0.2) is 39.7 Å². The average Bonchev–Trinajstić information content (AvgIpc) is 2.64. The van der Waals surface area contributed by atoms with Crippen molar-refractivity contribution in [1.29, 1.82) is 0 Å². The molecule has 0 radical (unpaired) electrons. The van der Waals surface area contributed by atoms with Gasteiger partial charge in [-0.15, -0.1) is 11.3 Å². The Balaban J connectivity index is 2.18. The molecule has 6 heteroatoms. The van der Waals surface area contributed by atoms with E-state index in [1.807, 2.05) is 23.4 Å². The van der Waals surface area contributed by atoms with E-state index in [-0.39, 0.29) is 6.10 Å². The molecule has 0 aromatic carbocycles. The van der Waals surface area contributed by atoms with Crippen LogP contribution in [0.25, 0.3) is 10.2 Å². The van der Waals surface area contributed by atoms with Crippen molar-refractivity contribution in [2.24, 2.45) is 0 Å². The highest BCUT2D eigenvalue weighted by Gasteiger charge is 2.10. The highest BCUT2D eigenvalue weighted by Crippen LogP contribution is 2.24. The first kappa shape index (κ1) is 12.7. The molecular formula is C11H14ClN3OS. The van der Waals surface area contributed by atoms with Crippen LogP contribution < -0.4 is 0 Å². The summed E-state index contributed by atoms with van der Waals surface area (Å²) in [5.74, 6) is 0.688. The Hall–Kier alpha value is -0.750. The summed E-state index contributed by atoms with van der Waals surface area (Å²) < 4.78 is 0. The van der Waals surface area contributed by atoms with E-state index in [9.17, 15) is 5.11 Å². The number of aromatic nitrogens is 2. The maximum absolute atomic E-state index is 9.29. The molecule has 2 aromatic rings. The normalized spacial score (nSPS) is 13.5. The van der Waals surface area contributed by atoms with E-state index in [1.165, 1.54) is 0 Å². The molecule has 1 N–H and O–H groups in total. The van der Waals surface area contributed by atoms with Gasteiger partial charge in [-0.3, -0.25) is 4.90 Å². The van der Waals surface area contributed by atoms with Gasteiger partial charge in [0.05, 0.1) is 12.6 Å². The van der Waals surface area contributed by atoms with Crippen molar-refractivity contribution < 1.29 is 5.11 Å². The summed E-state index contributed by atoms with van der Waals surface area (Å²) in [6, 6.07) is 1.92. The third kappa shape index (κ3) is 3.13. The molecule has 0 aliphatic carbocycles. The summed E-state index contributed by atoms with van der Waals surface area (Å²) in [5, 5.41) is 12.6. The molecule has 0 saturated carbocycles. The third-order valence-electron chi connectivity index (χ3n) is 2.31. The lowest BCUT2D eigenvalue weighted by Crippen LogP contribution is -2.27. The molecule has 0 aliphatic heterocycles. The van der Waals surface area contributed by atoms with Gasteiger partial charge in [-0.2, -0.15) is 0 Å². The molecule has 2 aromatic heterocycles. The van der Waals surface area contributed by atoms with Crippen LogP contribution >= 0.6 is 22.9 Å². The van der Waals surface area contributed by atoms with Gasteiger partial charge in [-0.05, 0) is 25.4 Å². The molecule has 1 unspecified atom stereocenters. The second-order valence-electron chi connectivity index (χ2n) is 4.12. The van der Waals surface area contributed by atoms with Crippen molar-refractivity contribution in [3.63, 3.8) is 0 Å². The van der Waals surface area contributed by atoms with Crippen LogP contribution in [0.15, 0.2) is 11.4 Å². The van der Waals surface area contributed by atoms with Gasteiger partial charge in [0.1, 0.15) is 15.8 Å². The lowest BCUT2D eigenvalue weighted by atomic mass is 10.3. The summed E-state index contributed by atoms with van der Waals surface area (Å²) in [6.45, 7) is 2.93. The van der Waals surface area contributed by atoms with Crippen molar-refractivity contribution in [3.8, 4) is 0 Å². The van der Waals surface area contributed by atoms with Crippen LogP contribution in [0.3, 0.4) is 0 Å². The number of hydrogen-bond donors (Lipinski definition) is 1. The number of thiophene rings is 1. The second-order valence-corrected chi connectivity index (χ2v) is 5.37. The van der Waals surface area contributed by atoms with Crippen molar-refractivity contribution in [2.75, 3.05) is 13.6 Å². The minimum atomic E-state index is -0.360. The lowest BCUT2D eigenvalue weighted by molar-refractivity contribution is 0.137. The maximum Gasteiger partial charge on any atom is 0.145 e. The summed E-state index contributed by atoms with van der Waals surface area (Å²) >= 11 is 7.63. The highest BCUT2D eigenvalue weighted by atomic mass is 35.5. The molecule has 0 fully saturated rings. The summed E-state index contributed by atoms with van der Waals surface area (Å²) in [5.41, 5.74) is 0. The number of likely N-dealkylation sites (N-methyl/N-ethyl adjacent to an activating group) is 1. The first-order valence-electron chi connectivity index (χ1n) is 5.32. The Morgan fingerprint density at radius 3 is 3.00 bits per heavy atom. The maximum atomic E-state index is 9.29. The average molecular weight is 272 g/mol. The van der Waals surface area contributed by atoms with Crippen molar-refractivity contribution in [1.82, 2.24) is 14.9 Å². The number of rotatable bonds is 4. The topological polar surface area (TPSA) is 49.2 Å². The third-order valence-corrected chi connectivity index (χ3v) is 3.41. The van der Waals surface area contributed by atoms with E-state index in [0.29, 0.717) is 24.1 Å². The molecule has 2 rings (SSSR count). The highest BCUT2D eigenvalue weighted by molar-refractivity contribution is 7.16. The summed E-state index contributed by atoms with van der Waals surface area (Å²) in [7, 11) is 1.92. The molecule has 0 spiro atoms. The molecule has 0 saturated heterocycles. The Bertz CT molecular complexity index is 514. The van der Waals surface area contributed by atoms with Gasteiger partial charge in [0.2, 0.25) is 0 Å². The smallest absolute Gasteiger partial charge is 0.145 e. The molecule has 0 bridgehead atoms. The Morgan fingerprint density at radius 1 is 1.53 bits per heavy atom. The number of nitrogens with zero attached hydrogens (tertiary/aromatic N) is 3. The van der Waals surface area contributed by atoms with Gasteiger partial charge < -0.3 is 5.11 Å². The molecule has 0 aliphatic rings. The summed E-state index contributed by atoms with van der Waals surface area (Å²) in [6.07, 6.45) is -0.360. The Labute approximate surface area is 109 Å². The van der Waals surface area contributed by atoms with E-state index >= 15 is 0 Å². The fourth-order valence-corrected chi connectivity index (χ4v) is 2.78. The van der Waals surface area contributed by atoms with Crippen LogP contribution in [0.2, 0.25) is 5.15 Å². The van der Waals surface area contributed by atoms with Gasteiger partial charge in [-0.1, -0.05) is 11.6 Å². The minimum absolute atomic E-state index is 0.360. The van der Waals surface area contributed by atoms with Crippen LogP contribution in [0.1, 0.15) is 12.7 Å². The molecule has 92 valence electrons. The van der Waals surface area contributed by atoms with Crippen LogP contribution in [0.4, 0.5) is 0 Å². The monoisotopic (exact) mass is 271 g/mol. The fourth-order valence-electron chi connectivity index (χ4n) is 1.69. The molecule has 0 amide bonds. The lowest BCUT2D eigenvalue weighted by Gasteiger charge is -2.17. The molecule has 17 heavy (non-hydrogen) atoms. The van der Waals surface area contributed by atoms with E-state index in [4.69, 9.17) is 11.6 Å². The number of aliphatic hydroxyl groups excluding tert-OH is 1. The zero-order valence-electron chi connectivity index (χ0n) is 9.72. The van der Waals surface area contributed by atoms with Crippen LogP contribution in [0.5, 0.6) is 0 Å². The SMILES string of the molecule is CC(O)CN(C)Cc1nc(Cl)c2ccsc2n1. The van der Waals surface area contributed by atoms with E-state index in [1.54, 1.807) is 18.3 Å². The number of fused-ring (bicyclic) bond motifs is 1. The summed E-state index contributed by atoms with van der Waals surface area (Å²) in [4.78, 5) is 11.6. The Morgan fingerprint density at radius 2 is 2.29 bits per heavy atom. The quantitative estimate of drug-likeness (QED) is 0.866. The molecule has 4 nitrogen and oxygen atoms in total. The van der Waals surface area contributed by atoms with Crippen molar-refractivity contribution in [2.45, 2.75) is 19.6 Å². The van der Waals surface area contributed by atoms with Gasteiger partial charge in [0, 0.05) is 11.9 Å². The first-order valence-corrected chi connectivity index (χ1v) is 6.58. The van der Waals surface area contributed by atoms with E-state index in [0.717, 1.165) is 10.2 Å². The van der Waals surface area contributed by atoms with Crippen LogP contribution in [-0.2, 0) is 6.54 Å². The number of aliphatic hydroxyl groups is 1. The van der Waals surface area contributed by atoms with E-state index in [2.05, 4.69) is 9.97 Å². The molecule has 1 atom stereocenters. The zero-order chi connectivity index (χ0) is 12.4. The predicted molar refractivity (Wildman–Crippen MR) is 70.4 cm³/mol. The van der Waals surface area contributed by atoms with E-state index < -0.39 is 0 Å². The zero-order valence-corrected chi connectivity index (χ0v) is 11.3. The van der Waals surface area contributed by atoms with Crippen molar-refractivity contribution in [3.05, 3.63) is 22.4 Å². The predicted octanol–water partition coefficient (Wildman–Crippen LogP) is 2.16. The molecular weight excluding hydrogens is 258 g/mol. The Kier molecular flexibility index (Phi) is 3.93. The fraction of sp³-hybridized carbons (Fsp3) is 0.455. The standard InChI is InChI=1S/C11H14ClN3OS/c1-7(16)5-15(2)6-9-13-10(12)8-3-4-17-11(8)14-9/h3-4,7,16H,5-6H2,1-2H3. The van der Waals surface area contributed by atoms with Gasteiger partial charge in [-0.25, -0.2) is 9.97 Å². The number of hydrogen-bond acceptors (Lipinski definition) is 5. The molecule has 2 heterocycles. The second kappa shape index (κ2) is 5.27. The largest absolute Gasteiger partial charge is 0.392 e. The first-order chi connectivity index (χ1) is 8.06. The van der Waals surface area contributed by atoms with Gasteiger partial charge in [0.15, 0.2) is 0 Å². The van der Waals surface area contributed by atoms with Gasteiger partial charge in [0.25, 0.3) is 0 Å². The van der Waals surface area contributed by atoms with Crippen LogP contribution in [0, 0.1) is 0 Å². The number of halogens is 1. The minimum Gasteiger partial charge on any atom is -0.392 e. The van der Waals surface area contributed by atoms with Gasteiger partial charge >= 0.3 is 0 Å². The van der Waals surface area contributed by atoms with Crippen molar-refractivity contribution >= 4 is 33.2 Å².